The number of carboxylic acids is 1. The van der Waals surface area contributed by atoms with Gasteiger partial charge in [0.15, 0.2) is 0 Å². The number of fused-ring (bicyclic) bond motifs is 3. The van der Waals surface area contributed by atoms with Crippen LogP contribution in [0, 0.1) is 0 Å². The number of anilines is 1. The van der Waals surface area contributed by atoms with Crippen LogP contribution in [0.25, 0.3) is 11.3 Å². The molecule has 1 unspecified atom stereocenters. The quantitative estimate of drug-likeness (QED) is 0.339. The highest BCUT2D eigenvalue weighted by Crippen LogP contribution is 2.47. The van der Waals surface area contributed by atoms with Crippen molar-refractivity contribution >= 4 is 40.9 Å². The molecule has 4 aliphatic rings. The van der Waals surface area contributed by atoms with E-state index in [1.54, 1.807) is 29.2 Å². The van der Waals surface area contributed by atoms with Crippen molar-refractivity contribution in [2.24, 2.45) is 0 Å². The third-order valence-electron chi connectivity index (χ3n) is 8.80. The number of urea groups is 1. The first-order chi connectivity index (χ1) is 19.4. The number of piperidine rings is 1. The van der Waals surface area contributed by atoms with Crippen LogP contribution in [-0.2, 0) is 17.8 Å². The molecule has 7 rings (SSSR count). The molecule has 1 aromatic heterocycles. The van der Waals surface area contributed by atoms with E-state index in [4.69, 9.17) is 32.5 Å². The predicted octanol–water partition coefficient (Wildman–Crippen LogP) is 6.92. The summed E-state index contributed by atoms with van der Waals surface area (Å²) in [6.07, 6.45) is 6.25. The number of rotatable bonds is 6. The van der Waals surface area contributed by atoms with Gasteiger partial charge in [-0.25, -0.2) is 9.59 Å². The van der Waals surface area contributed by atoms with Gasteiger partial charge >= 0.3 is 12.0 Å². The van der Waals surface area contributed by atoms with Gasteiger partial charge in [-0.2, -0.15) is 0 Å². The summed E-state index contributed by atoms with van der Waals surface area (Å²) in [4.78, 5) is 29.1. The highest BCUT2D eigenvalue weighted by Gasteiger charge is 2.46. The van der Waals surface area contributed by atoms with Gasteiger partial charge < -0.3 is 19.3 Å². The van der Waals surface area contributed by atoms with E-state index in [0.717, 1.165) is 61.8 Å². The van der Waals surface area contributed by atoms with Crippen LogP contribution in [0.1, 0.15) is 71.7 Å². The van der Waals surface area contributed by atoms with Crippen molar-refractivity contribution in [3.8, 4) is 11.3 Å². The Kier molecular flexibility index (Phi) is 6.52. The number of aromatic nitrogens is 1. The molecule has 2 aromatic carbocycles. The molecule has 3 aromatic rings. The van der Waals surface area contributed by atoms with E-state index < -0.39 is 5.97 Å². The zero-order valence-electron chi connectivity index (χ0n) is 21.8. The first kappa shape index (κ1) is 25.9. The first-order valence-corrected chi connectivity index (χ1v) is 14.6. The Morgan fingerprint density at radius 2 is 1.77 bits per heavy atom. The van der Waals surface area contributed by atoms with Crippen LogP contribution >= 0.6 is 23.2 Å². The molecule has 10 heteroatoms. The van der Waals surface area contributed by atoms with E-state index in [2.05, 4.69) is 5.16 Å². The molecular formula is C30H29Cl2N3O5. The number of carbonyl (C=O) groups excluding carboxylic acids is 1. The van der Waals surface area contributed by atoms with Gasteiger partial charge in [0.05, 0.1) is 28.3 Å². The fraction of sp³-hybridized carbons (Fsp3) is 0.433. The van der Waals surface area contributed by atoms with E-state index in [9.17, 15) is 14.7 Å². The van der Waals surface area contributed by atoms with Gasteiger partial charge in [0, 0.05) is 41.4 Å². The second kappa shape index (κ2) is 10.1. The summed E-state index contributed by atoms with van der Waals surface area (Å²) in [5.41, 5.74) is 4.14. The Balaban J connectivity index is 1.07. The van der Waals surface area contributed by atoms with Gasteiger partial charge in [-0.05, 0) is 74.8 Å². The topological polar surface area (TPSA) is 96.1 Å². The molecule has 4 heterocycles. The molecule has 3 atom stereocenters. The molecule has 1 saturated carbocycles. The van der Waals surface area contributed by atoms with Crippen LogP contribution in [0.4, 0.5) is 10.5 Å². The summed E-state index contributed by atoms with van der Waals surface area (Å²) in [5.74, 6) is 0.217. The normalized spacial score (nSPS) is 23.5. The van der Waals surface area contributed by atoms with E-state index in [-0.39, 0.29) is 29.8 Å². The van der Waals surface area contributed by atoms with Crippen LogP contribution in [-0.4, -0.2) is 51.9 Å². The van der Waals surface area contributed by atoms with E-state index in [1.807, 2.05) is 17.0 Å². The van der Waals surface area contributed by atoms with Gasteiger partial charge in [0.1, 0.15) is 11.5 Å². The molecule has 3 fully saturated rings. The van der Waals surface area contributed by atoms with Crippen molar-refractivity contribution in [1.82, 2.24) is 10.1 Å². The molecule has 2 amide bonds. The minimum Gasteiger partial charge on any atom is -0.478 e. The molecule has 208 valence electrons. The third kappa shape index (κ3) is 4.46. The van der Waals surface area contributed by atoms with Crippen LogP contribution in [0.3, 0.4) is 0 Å². The minimum atomic E-state index is -0.988. The molecular weight excluding hydrogens is 553 g/mol. The lowest BCUT2D eigenvalue weighted by atomic mass is 9.99. The lowest BCUT2D eigenvalue weighted by Gasteiger charge is -2.40. The summed E-state index contributed by atoms with van der Waals surface area (Å²) >= 11 is 13.0. The van der Waals surface area contributed by atoms with Crippen LogP contribution in [0.15, 0.2) is 40.9 Å². The summed E-state index contributed by atoms with van der Waals surface area (Å²) < 4.78 is 12.3. The lowest BCUT2D eigenvalue weighted by Crippen LogP contribution is -2.53. The summed E-state index contributed by atoms with van der Waals surface area (Å²) in [7, 11) is 0. The van der Waals surface area contributed by atoms with E-state index in [0.29, 0.717) is 46.1 Å². The summed E-state index contributed by atoms with van der Waals surface area (Å²) in [6.45, 7) is 0.916. The average Bonchev–Trinajstić information content (AvgIpc) is 3.46. The van der Waals surface area contributed by atoms with Crippen molar-refractivity contribution in [3.63, 3.8) is 0 Å². The maximum Gasteiger partial charge on any atom is 0.335 e. The summed E-state index contributed by atoms with van der Waals surface area (Å²) in [6, 6.07) is 10.6. The van der Waals surface area contributed by atoms with Crippen molar-refractivity contribution in [2.45, 2.75) is 75.7 Å². The zero-order chi connectivity index (χ0) is 27.5. The number of hydrogen-bond acceptors (Lipinski definition) is 5. The lowest BCUT2D eigenvalue weighted by molar-refractivity contribution is -0.0164. The number of hydrogen-bond donors (Lipinski definition) is 1. The van der Waals surface area contributed by atoms with E-state index >= 15 is 0 Å². The standard InChI is InChI=1S/C30H29Cl2N3O5/c31-23-2-1-3-24(32)26(23)27-22(28(40-33-27)17-5-6-17)15-39-21-13-19-8-9-20(14-21)35(19)30(38)34-11-10-16-4-7-18(29(36)37)12-25(16)34/h1-4,7,12,17,19-21H,5-6,8-11,13-15H2,(H,36,37)/t19-,20+,21?. The monoisotopic (exact) mass is 581 g/mol. The Hall–Kier alpha value is -3.07. The van der Waals surface area contributed by atoms with Crippen LogP contribution < -0.4 is 4.90 Å². The highest BCUT2D eigenvalue weighted by atomic mass is 35.5. The molecule has 1 aliphatic carbocycles. The van der Waals surface area contributed by atoms with Crippen molar-refractivity contribution in [1.29, 1.82) is 0 Å². The number of benzene rings is 2. The molecule has 40 heavy (non-hydrogen) atoms. The Morgan fingerprint density at radius 3 is 2.45 bits per heavy atom. The van der Waals surface area contributed by atoms with Crippen LogP contribution in [0.2, 0.25) is 10.0 Å². The molecule has 0 spiro atoms. The molecule has 8 nitrogen and oxygen atoms in total. The van der Waals surface area contributed by atoms with Crippen molar-refractivity contribution in [2.75, 3.05) is 11.4 Å². The Bertz CT molecular complexity index is 1470. The Labute approximate surface area is 241 Å². The first-order valence-electron chi connectivity index (χ1n) is 13.9. The maximum atomic E-state index is 13.8. The number of nitrogens with zero attached hydrogens (tertiary/aromatic N) is 3. The minimum absolute atomic E-state index is 0.00236. The molecule has 2 bridgehead atoms. The summed E-state index contributed by atoms with van der Waals surface area (Å²) in [5, 5.41) is 14.9. The molecule has 0 radical (unpaired) electrons. The number of ether oxygens (including phenoxy) is 1. The van der Waals surface area contributed by atoms with Crippen LogP contribution in [0.5, 0.6) is 0 Å². The number of carboxylic acid groups (broad SMARTS) is 1. The maximum absolute atomic E-state index is 13.8. The SMILES string of the molecule is O=C(O)c1ccc2c(c1)N(C(=O)N1[C@@H]3CC[C@H]1CC(OCc1c(-c4c(Cl)cccc4Cl)noc1C1CC1)C3)CC2. The third-order valence-corrected chi connectivity index (χ3v) is 9.43. The second-order valence-corrected chi connectivity index (χ2v) is 12.1. The van der Waals surface area contributed by atoms with Gasteiger partial charge in [-0.15, -0.1) is 0 Å². The van der Waals surface area contributed by atoms with Gasteiger partial charge in [-0.3, -0.25) is 4.90 Å². The fourth-order valence-electron chi connectivity index (χ4n) is 6.68. The highest BCUT2D eigenvalue weighted by molar-refractivity contribution is 6.39. The number of amides is 2. The zero-order valence-corrected chi connectivity index (χ0v) is 23.3. The second-order valence-electron chi connectivity index (χ2n) is 11.3. The van der Waals surface area contributed by atoms with Gasteiger partial charge in [0.25, 0.3) is 0 Å². The average molecular weight is 582 g/mol. The number of aromatic carboxylic acids is 1. The van der Waals surface area contributed by atoms with Gasteiger partial charge in [0.2, 0.25) is 0 Å². The van der Waals surface area contributed by atoms with Crippen molar-refractivity contribution in [3.05, 3.63) is 68.9 Å². The predicted molar refractivity (Wildman–Crippen MR) is 150 cm³/mol. The smallest absolute Gasteiger partial charge is 0.335 e. The molecule has 2 saturated heterocycles. The van der Waals surface area contributed by atoms with Crippen molar-refractivity contribution < 1.29 is 24.0 Å². The Morgan fingerprint density at radius 1 is 1.05 bits per heavy atom. The molecule has 1 N–H and O–H groups in total. The van der Waals surface area contributed by atoms with E-state index in [1.165, 1.54) is 0 Å². The molecule has 3 aliphatic heterocycles. The number of halogens is 2. The fourth-order valence-corrected chi connectivity index (χ4v) is 7.25. The number of carbonyl (C=O) groups is 2. The van der Waals surface area contributed by atoms with Gasteiger partial charge in [-0.1, -0.05) is 40.5 Å². The largest absolute Gasteiger partial charge is 0.478 e.